The van der Waals surface area contributed by atoms with E-state index in [1.54, 1.807) is 4.68 Å². The van der Waals surface area contributed by atoms with Gasteiger partial charge in [-0.05, 0) is 38.2 Å². The number of hydrogen-bond donors (Lipinski definition) is 3. The van der Waals surface area contributed by atoms with Crippen molar-refractivity contribution in [3.05, 3.63) is 35.9 Å². The predicted octanol–water partition coefficient (Wildman–Crippen LogP) is 2.54. The van der Waals surface area contributed by atoms with E-state index in [0.29, 0.717) is 42.5 Å². The van der Waals surface area contributed by atoms with E-state index >= 15 is 0 Å². The van der Waals surface area contributed by atoms with Crippen LogP contribution in [0.4, 0.5) is 11.8 Å². The van der Waals surface area contributed by atoms with Gasteiger partial charge in [0.25, 0.3) is 0 Å². The number of nitrogens with zero attached hydrogens (tertiary/aromatic N) is 5. The lowest BCUT2D eigenvalue weighted by molar-refractivity contribution is 0.410. The first-order valence-electron chi connectivity index (χ1n) is 9.64. The van der Waals surface area contributed by atoms with Gasteiger partial charge in [0.05, 0.1) is 0 Å². The van der Waals surface area contributed by atoms with Crippen molar-refractivity contribution in [3.8, 4) is 0 Å². The van der Waals surface area contributed by atoms with Crippen LogP contribution in [-0.4, -0.2) is 37.0 Å². The van der Waals surface area contributed by atoms with Gasteiger partial charge in [0.15, 0.2) is 17.0 Å². The van der Waals surface area contributed by atoms with Crippen molar-refractivity contribution >= 4 is 22.9 Å². The zero-order valence-electron chi connectivity index (χ0n) is 15.6. The van der Waals surface area contributed by atoms with Crippen LogP contribution in [0.5, 0.6) is 0 Å². The molecule has 1 saturated carbocycles. The summed E-state index contributed by atoms with van der Waals surface area (Å²) in [5.74, 6) is 1.33. The summed E-state index contributed by atoms with van der Waals surface area (Å²) in [5.41, 5.74) is 8.65. The molecule has 0 spiro atoms. The number of aromatic nitrogens is 5. The van der Waals surface area contributed by atoms with Crippen molar-refractivity contribution < 1.29 is 0 Å². The monoisotopic (exact) mass is 366 g/mol. The highest BCUT2D eigenvalue weighted by atomic mass is 15.4. The molecule has 2 aromatic heterocycles. The minimum absolute atomic E-state index is 0.320. The number of fused-ring (bicyclic) bond motifs is 1. The van der Waals surface area contributed by atoms with Crippen LogP contribution < -0.4 is 16.4 Å². The van der Waals surface area contributed by atoms with E-state index in [1.165, 1.54) is 5.56 Å². The topological polar surface area (TPSA) is 107 Å². The van der Waals surface area contributed by atoms with Crippen LogP contribution in [0.2, 0.25) is 0 Å². The molecule has 4 N–H and O–H groups in total. The number of nitrogens with one attached hydrogen (secondary N) is 2. The van der Waals surface area contributed by atoms with Gasteiger partial charge in [-0.2, -0.15) is 9.97 Å². The van der Waals surface area contributed by atoms with Crippen LogP contribution in [0, 0.1) is 0 Å². The van der Waals surface area contributed by atoms with Crippen molar-refractivity contribution in [1.82, 2.24) is 25.0 Å². The third kappa shape index (κ3) is 4.00. The summed E-state index contributed by atoms with van der Waals surface area (Å²) in [7, 11) is 0. The average molecular weight is 366 g/mol. The summed E-state index contributed by atoms with van der Waals surface area (Å²) in [6.45, 7) is 3.41. The average Bonchev–Trinajstić information content (AvgIpc) is 3.12. The molecule has 142 valence electrons. The van der Waals surface area contributed by atoms with Crippen LogP contribution >= 0.6 is 0 Å². The Hall–Kier alpha value is -2.74. The first kappa shape index (κ1) is 17.7. The first-order valence-corrected chi connectivity index (χ1v) is 9.64. The quantitative estimate of drug-likeness (QED) is 0.615. The van der Waals surface area contributed by atoms with E-state index < -0.39 is 0 Å². The van der Waals surface area contributed by atoms with Crippen molar-refractivity contribution in [2.75, 3.05) is 10.6 Å². The lowest BCUT2D eigenvalue weighted by Gasteiger charge is -2.26. The Morgan fingerprint density at radius 3 is 2.63 bits per heavy atom. The van der Waals surface area contributed by atoms with Gasteiger partial charge in [0.1, 0.15) is 0 Å². The fourth-order valence-electron chi connectivity index (χ4n) is 3.48. The Balaban J connectivity index is 1.59. The maximum atomic E-state index is 6.02. The number of nitrogens with two attached hydrogens (primary N) is 1. The largest absolute Gasteiger partial charge is 0.364 e. The van der Waals surface area contributed by atoms with Gasteiger partial charge in [-0.25, -0.2) is 4.68 Å². The van der Waals surface area contributed by atoms with E-state index in [-0.39, 0.29) is 0 Å². The number of aryl methyl sites for hydroxylation is 1. The summed E-state index contributed by atoms with van der Waals surface area (Å²) >= 11 is 0. The molecular formula is C19H26N8. The van der Waals surface area contributed by atoms with E-state index in [1.807, 2.05) is 25.1 Å². The number of rotatable bonds is 6. The van der Waals surface area contributed by atoms with Crippen molar-refractivity contribution in [2.24, 2.45) is 5.73 Å². The highest BCUT2D eigenvalue weighted by Gasteiger charge is 2.21. The molecule has 3 aromatic rings. The Morgan fingerprint density at radius 1 is 1.11 bits per heavy atom. The van der Waals surface area contributed by atoms with Crippen molar-refractivity contribution in [2.45, 2.75) is 57.8 Å². The molecule has 1 aromatic carbocycles. The summed E-state index contributed by atoms with van der Waals surface area (Å²) in [4.78, 5) is 9.38. The molecule has 1 aliphatic carbocycles. The van der Waals surface area contributed by atoms with E-state index in [9.17, 15) is 0 Å². The Kier molecular flexibility index (Phi) is 5.15. The fraction of sp³-hybridized carbons (Fsp3) is 0.474. The summed E-state index contributed by atoms with van der Waals surface area (Å²) < 4.78 is 1.80. The van der Waals surface area contributed by atoms with E-state index in [4.69, 9.17) is 10.7 Å². The lowest BCUT2D eigenvalue weighted by Crippen LogP contribution is -2.33. The minimum atomic E-state index is 0.320. The predicted molar refractivity (Wildman–Crippen MR) is 106 cm³/mol. The molecule has 1 aliphatic rings. The number of benzene rings is 1. The third-order valence-corrected chi connectivity index (χ3v) is 5.07. The Bertz CT molecular complexity index is 883. The lowest BCUT2D eigenvalue weighted by atomic mass is 9.92. The molecule has 1 fully saturated rings. The number of anilines is 2. The smallest absolute Gasteiger partial charge is 0.227 e. The molecule has 0 amide bonds. The molecule has 27 heavy (non-hydrogen) atoms. The summed E-state index contributed by atoms with van der Waals surface area (Å²) in [6.07, 6.45) is 4.15. The Labute approximate surface area is 158 Å². The van der Waals surface area contributed by atoms with E-state index in [0.717, 1.165) is 31.3 Å². The van der Waals surface area contributed by atoms with Gasteiger partial charge in [0, 0.05) is 25.2 Å². The Morgan fingerprint density at radius 2 is 1.89 bits per heavy atom. The molecule has 8 nitrogen and oxygen atoms in total. The first-order chi connectivity index (χ1) is 13.2. The zero-order chi connectivity index (χ0) is 18.6. The van der Waals surface area contributed by atoms with E-state index in [2.05, 4.69) is 38.1 Å². The molecule has 8 heteroatoms. The molecule has 0 bridgehead atoms. The van der Waals surface area contributed by atoms with Crippen LogP contribution in [0.25, 0.3) is 11.2 Å². The van der Waals surface area contributed by atoms with Crippen LogP contribution in [-0.2, 0) is 13.1 Å². The van der Waals surface area contributed by atoms with Gasteiger partial charge in [-0.15, -0.1) is 5.10 Å². The molecule has 4 rings (SSSR count). The number of hydrogen-bond acceptors (Lipinski definition) is 7. The molecular weight excluding hydrogens is 340 g/mol. The third-order valence-electron chi connectivity index (χ3n) is 5.07. The summed E-state index contributed by atoms with van der Waals surface area (Å²) in [5, 5.41) is 15.4. The molecule has 0 radical (unpaired) electrons. The van der Waals surface area contributed by atoms with Gasteiger partial charge < -0.3 is 16.4 Å². The maximum absolute atomic E-state index is 6.02. The normalized spacial score (nSPS) is 19.9. The molecule has 0 unspecified atom stereocenters. The second-order valence-corrected chi connectivity index (χ2v) is 7.07. The fourth-order valence-corrected chi connectivity index (χ4v) is 3.48. The van der Waals surface area contributed by atoms with Crippen LogP contribution in [0.15, 0.2) is 30.3 Å². The molecule has 0 aliphatic heterocycles. The molecule has 0 atom stereocenters. The zero-order valence-corrected chi connectivity index (χ0v) is 15.6. The van der Waals surface area contributed by atoms with Crippen molar-refractivity contribution in [3.63, 3.8) is 0 Å². The van der Waals surface area contributed by atoms with Crippen LogP contribution in [0.3, 0.4) is 0 Å². The van der Waals surface area contributed by atoms with Crippen molar-refractivity contribution in [1.29, 1.82) is 0 Å². The highest BCUT2D eigenvalue weighted by molar-refractivity contribution is 5.83. The highest BCUT2D eigenvalue weighted by Crippen LogP contribution is 2.24. The van der Waals surface area contributed by atoms with Crippen LogP contribution in [0.1, 0.15) is 38.2 Å². The maximum Gasteiger partial charge on any atom is 0.227 e. The second kappa shape index (κ2) is 7.87. The summed E-state index contributed by atoms with van der Waals surface area (Å²) in [6, 6.07) is 10.9. The standard InChI is InChI=1S/C19H26N8/c1-2-27-18-16(25-26-27)17(21-12-13-6-4-3-5-7-13)23-19(24-18)22-15-10-8-14(20)9-11-15/h3-7,14-15H,2,8-12,20H2,1H3,(H2,21,22,23,24). The van der Waals surface area contributed by atoms with Gasteiger partial charge in [-0.1, -0.05) is 35.5 Å². The molecule has 2 heterocycles. The minimum Gasteiger partial charge on any atom is -0.364 e. The van der Waals surface area contributed by atoms with Gasteiger partial charge in [0.2, 0.25) is 5.95 Å². The van der Waals surface area contributed by atoms with Gasteiger partial charge in [-0.3, -0.25) is 0 Å². The SMILES string of the molecule is CCn1nnc2c(NCc3ccccc3)nc(NC3CCC(N)CC3)nc21. The van der Waals surface area contributed by atoms with Gasteiger partial charge >= 0.3 is 0 Å². The second-order valence-electron chi connectivity index (χ2n) is 7.07. The molecule has 0 saturated heterocycles.